The molecule has 0 bridgehead atoms. The van der Waals surface area contributed by atoms with E-state index in [1.54, 1.807) is 0 Å². The fraction of sp³-hybridized carbons (Fsp3) is 0.106. The highest BCUT2D eigenvalue weighted by Crippen LogP contribution is 2.46. The van der Waals surface area contributed by atoms with Gasteiger partial charge in [-0.05, 0) is 89.2 Å². The van der Waals surface area contributed by atoms with Crippen molar-refractivity contribution in [3.8, 4) is 16.8 Å². The van der Waals surface area contributed by atoms with Crippen molar-refractivity contribution in [3.05, 3.63) is 210 Å². The lowest BCUT2D eigenvalue weighted by molar-refractivity contribution is 0.687. The average Bonchev–Trinajstić information content (AvgIpc) is 3.51. The Morgan fingerprint density at radius 2 is 1.10 bits per heavy atom. The van der Waals surface area contributed by atoms with E-state index in [2.05, 4.69) is 199 Å². The Labute approximate surface area is 289 Å². The largest absolute Gasteiger partial charge is 0.312 e. The quantitative estimate of drug-likeness (QED) is 0.117. The van der Waals surface area contributed by atoms with Gasteiger partial charge in [-0.15, -0.1) is 0 Å². The third-order valence-electron chi connectivity index (χ3n) is 10.1. The zero-order valence-electron chi connectivity index (χ0n) is 27.9. The fourth-order valence-corrected chi connectivity index (χ4v) is 7.50. The van der Waals surface area contributed by atoms with Gasteiger partial charge in [-0.3, -0.25) is 0 Å². The first-order chi connectivity index (χ1) is 24.2. The van der Waals surface area contributed by atoms with Crippen LogP contribution >= 0.6 is 0 Å². The van der Waals surface area contributed by atoms with E-state index in [4.69, 9.17) is 0 Å². The van der Waals surface area contributed by atoms with Crippen molar-refractivity contribution in [2.24, 2.45) is 0 Å². The fourth-order valence-electron chi connectivity index (χ4n) is 7.50. The van der Waals surface area contributed by atoms with Crippen LogP contribution in [0.1, 0.15) is 34.7 Å². The van der Waals surface area contributed by atoms with E-state index >= 15 is 0 Å². The summed E-state index contributed by atoms with van der Waals surface area (Å²) in [5.74, 6) is 0. The van der Waals surface area contributed by atoms with Gasteiger partial charge in [-0.2, -0.15) is 0 Å². The number of para-hydroxylation sites is 1. The number of nitrogens with zero attached hydrogens (tertiary/aromatic N) is 1. The van der Waals surface area contributed by atoms with E-state index in [1.165, 1.54) is 66.4 Å². The van der Waals surface area contributed by atoms with E-state index in [1.807, 2.05) is 0 Å². The minimum atomic E-state index is -0.407. The van der Waals surface area contributed by atoms with Gasteiger partial charge >= 0.3 is 0 Å². The normalized spacial score (nSPS) is 11.7. The molecule has 238 valence electrons. The summed E-state index contributed by atoms with van der Waals surface area (Å²) in [5, 5.41) is 6.16. The Bertz CT molecular complexity index is 2280. The van der Waals surface area contributed by atoms with Gasteiger partial charge in [0.1, 0.15) is 0 Å². The monoisotopic (exact) mass is 632 g/mol. The van der Waals surface area contributed by atoms with Crippen LogP contribution in [0, 0.1) is 0 Å². The molecule has 0 aliphatic carbocycles. The van der Waals surface area contributed by atoms with E-state index in [0.717, 1.165) is 19.5 Å². The van der Waals surface area contributed by atoms with E-state index < -0.39 is 5.41 Å². The van der Waals surface area contributed by atoms with Crippen LogP contribution in [0.15, 0.2) is 182 Å². The highest BCUT2D eigenvalue weighted by atomic mass is 15.0. The summed E-state index contributed by atoms with van der Waals surface area (Å²) in [6.07, 6.45) is 0.960. The highest BCUT2D eigenvalue weighted by Gasteiger charge is 2.34. The van der Waals surface area contributed by atoms with Crippen LogP contribution < -0.4 is 5.32 Å². The summed E-state index contributed by atoms with van der Waals surface area (Å²) < 4.78 is 2.47. The Morgan fingerprint density at radius 3 is 1.80 bits per heavy atom. The molecule has 1 N–H and O–H groups in total. The molecular formula is C47H40N2. The summed E-state index contributed by atoms with van der Waals surface area (Å²) in [4.78, 5) is 0. The third kappa shape index (κ3) is 5.86. The van der Waals surface area contributed by atoms with E-state index in [0.29, 0.717) is 0 Å². The molecule has 49 heavy (non-hydrogen) atoms. The molecule has 2 heteroatoms. The summed E-state index contributed by atoms with van der Waals surface area (Å²) in [6.45, 7) is 4.19. The number of nitrogens with one attached hydrogen (secondary N) is 1. The van der Waals surface area contributed by atoms with Crippen molar-refractivity contribution >= 4 is 21.8 Å². The zero-order chi connectivity index (χ0) is 33.0. The van der Waals surface area contributed by atoms with Crippen molar-refractivity contribution in [2.75, 3.05) is 6.54 Å². The maximum atomic E-state index is 3.63. The van der Waals surface area contributed by atoms with Gasteiger partial charge in [-0.1, -0.05) is 152 Å². The number of hydrogen-bond acceptors (Lipinski definition) is 1. The molecular weight excluding hydrogens is 593 g/mol. The van der Waals surface area contributed by atoms with E-state index in [9.17, 15) is 0 Å². The van der Waals surface area contributed by atoms with Crippen LogP contribution in [0.2, 0.25) is 0 Å². The number of aromatic nitrogens is 1. The van der Waals surface area contributed by atoms with Gasteiger partial charge < -0.3 is 9.88 Å². The van der Waals surface area contributed by atoms with Gasteiger partial charge in [0.15, 0.2) is 0 Å². The van der Waals surface area contributed by atoms with Gasteiger partial charge in [0.2, 0.25) is 0 Å². The molecule has 0 spiro atoms. The number of benzene rings is 7. The summed E-state index contributed by atoms with van der Waals surface area (Å²) in [6, 6.07) is 66.3. The molecule has 0 aliphatic heterocycles. The molecule has 7 aromatic carbocycles. The maximum Gasteiger partial charge on any atom is 0.0544 e. The Kier molecular flexibility index (Phi) is 8.39. The maximum absolute atomic E-state index is 3.63. The molecule has 0 saturated carbocycles. The van der Waals surface area contributed by atoms with Crippen LogP contribution in [0.25, 0.3) is 38.6 Å². The minimum Gasteiger partial charge on any atom is -0.312 e. The van der Waals surface area contributed by atoms with Crippen molar-refractivity contribution in [1.82, 2.24) is 9.88 Å². The van der Waals surface area contributed by atoms with Gasteiger partial charge in [-0.25, -0.2) is 0 Å². The first-order valence-electron chi connectivity index (χ1n) is 17.3. The molecule has 0 atom stereocenters. The topological polar surface area (TPSA) is 17.0 Å². The predicted molar refractivity (Wildman–Crippen MR) is 207 cm³/mol. The molecule has 0 radical (unpaired) electrons. The molecule has 0 fully saturated rings. The molecule has 8 rings (SSSR count). The molecule has 0 amide bonds. The molecule has 0 unspecified atom stereocenters. The van der Waals surface area contributed by atoms with Crippen molar-refractivity contribution in [2.45, 2.75) is 25.3 Å². The zero-order valence-corrected chi connectivity index (χ0v) is 27.9. The number of fused-ring (bicyclic) bond motifs is 3. The molecule has 0 saturated heterocycles. The number of hydrogen-bond donors (Lipinski definition) is 1. The summed E-state index contributed by atoms with van der Waals surface area (Å²) in [5.41, 5.74) is 12.1. The second-order valence-electron chi connectivity index (χ2n) is 13.1. The highest BCUT2D eigenvalue weighted by molar-refractivity contribution is 6.11. The predicted octanol–water partition coefficient (Wildman–Crippen LogP) is 11.1. The average molecular weight is 633 g/mol. The van der Waals surface area contributed by atoms with Gasteiger partial charge in [0, 0.05) is 28.4 Å². The van der Waals surface area contributed by atoms with Crippen molar-refractivity contribution in [1.29, 1.82) is 0 Å². The number of rotatable bonds is 10. The SMILES string of the molecule is CC(c1ccccc1)(c1ccccc1)c1cc2c(cc1-c1ccccc1)c1ccccc1n2-c1cccc(CCNCc2ccccc2)c1. The lowest BCUT2D eigenvalue weighted by Crippen LogP contribution is -2.26. The van der Waals surface area contributed by atoms with E-state index in [-0.39, 0.29) is 0 Å². The van der Waals surface area contributed by atoms with Crippen LogP contribution in [0.5, 0.6) is 0 Å². The lowest BCUT2D eigenvalue weighted by Gasteiger charge is -2.34. The minimum absolute atomic E-state index is 0.407. The first kappa shape index (κ1) is 30.6. The Morgan fingerprint density at radius 1 is 0.510 bits per heavy atom. The van der Waals surface area contributed by atoms with Crippen molar-refractivity contribution in [3.63, 3.8) is 0 Å². The summed E-state index contributed by atoms with van der Waals surface area (Å²) in [7, 11) is 0. The summed E-state index contributed by atoms with van der Waals surface area (Å²) >= 11 is 0. The molecule has 1 aromatic heterocycles. The molecule has 2 nitrogen and oxygen atoms in total. The standard InChI is InChI=1S/C47H40N2/c1-47(38-22-10-4-11-23-38,39-24-12-5-13-25-39)44-33-46-43(32-42(44)37-20-8-3-9-21-37)41-27-14-15-28-45(41)49(46)40-26-16-19-35(31-40)29-30-48-34-36-17-6-2-7-18-36/h2-28,31-33,48H,29-30,34H2,1H3. The van der Waals surface area contributed by atoms with Crippen LogP contribution in [-0.2, 0) is 18.4 Å². The third-order valence-corrected chi connectivity index (χ3v) is 10.1. The van der Waals surface area contributed by atoms with Gasteiger partial charge in [0.05, 0.1) is 11.0 Å². The van der Waals surface area contributed by atoms with Crippen LogP contribution in [0.3, 0.4) is 0 Å². The molecule has 8 aromatic rings. The first-order valence-corrected chi connectivity index (χ1v) is 17.3. The molecule has 0 aliphatic rings. The Balaban J connectivity index is 1.31. The smallest absolute Gasteiger partial charge is 0.0544 e. The molecule has 1 heterocycles. The lowest BCUT2D eigenvalue weighted by atomic mass is 9.68. The second kappa shape index (κ2) is 13.4. The van der Waals surface area contributed by atoms with Gasteiger partial charge in [0.25, 0.3) is 0 Å². The van der Waals surface area contributed by atoms with Crippen LogP contribution in [-0.4, -0.2) is 11.1 Å². The van der Waals surface area contributed by atoms with Crippen molar-refractivity contribution < 1.29 is 0 Å². The van der Waals surface area contributed by atoms with Crippen LogP contribution in [0.4, 0.5) is 0 Å². The second-order valence-corrected chi connectivity index (χ2v) is 13.1. The Hall–Kier alpha value is -5.70.